The lowest BCUT2D eigenvalue weighted by molar-refractivity contribution is 0.278. The van der Waals surface area contributed by atoms with Gasteiger partial charge in [0.25, 0.3) is 0 Å². The number of rotatable bonds is 5. The first-order valence-electron chi connectivity index (χ1n) is 10.3. The lowest BCUT2D eigenvalue weighted by Gasteiger charge is -2.30. The summed E-state index contributed by atoms with van der Waals surface area (Å²) < 4.78 is 29.6. The zero-order valence-electron chi connectivity index (χ0n) is 17.5. The predicted octanol–water partition coefficient (Wildman–Crippen LogP) is 5.05. The van der Waals surface area contributed by atoms with E-state index < -0.39 is 14.6 Å². The molecule has 2 aromatic rings. The van der Waals surface area contributed by atoms with Crippen LogP contribution in [0.1, 0.15) is 64.0 Å². The number of sulfone groups is 1. The van der Waals surface area contributed by atoms with Crippen molar-refractivity contribution in [3.05, 3.63) is 45.8 Å². The van der Waals surface area contributed by atoms with Crippen molar-refractivity contribution >= 4 is 20.8 Å². The van der Waals surface area contributed by atoms with Crippen LogP contribution in [-0.4, -0.2) is 18.9 Å². The van der Waals surface area contributed by atoms with Gasteiger partial charge in [0.1, 0.15) is 5.58 Å². The van der Waals surface area contributed by atoms with E-state index in [-0.39, 0.29) is 5.63 Å². The summed E-state index contributed by atoms with van der Waals surface area (Å²) in [6, 6.07) is 7.68. The predicted molar refractivity (Wildman–Crippen MR) is 115 cm³/mol. The number of benzene rings is 1. The Kier molecular flexibility index (Phi) is 6.04. The van der Waals surface area contributed by atoms with E-state index in [1.165, 1.54) is 11.6 Å². The summed E-state index contributed by atoms with van der Waals surface area (Å²) in [5.74, 6) is 1.28. The lowest BCUT2D eigenvalue weighted by atomic mass is 9.80. The van der Waals surface area contributed by atoms with Gasteiger partial charge in [0, 0.05) is 11.5 Å². The molecule has 0 aliphatic heterocycles. The molecule has 1 heterocycles. The minimum Gasteiger partial charge on any atom is -0.423 e. The molecular weight excluding hydrogens is 372 g/mol. The van der Waals surface area contributed by atoms with Gasteiger partial charge in [-0.15, -0.1) is 0 Å². The maximum Gasteiger partial charge on any atom is 0.336 e. The van der Waals surface area contributed by atoms with Crippen molar-refractivity contribution < 1.29 is 12.8 Å². The number of hydrogen-bond donors (Lipinski definition) is 0. The highest BCUT2D eigenvalue weighted by Crippen LogP contribution is 2.34. The van der Waals surface area contributed by atoms with Gasteiger partial charge in [-0.25, -0.2) is 13.2 Å². The highest BCUT2D eigenvalue weighted by atomic mass is 32.2. The Hall–Kier alpha value is -1.62. The molecule has 1 saturated carbocycles. The van der Waals surface area contributed by atoms with Gasteiger partial charge < -0.3 is 4.42 Å². The minimum atomic E-state index is -3.03. The topological polar surface area (TPSA) is 64.3 Å². The molecule has 0 atom stereocenters. The second-order valence-corrected chi connectivity index (χ2v) is 12.2. The zero-order chi connectivity index (χ0) is 20.5. The van der Waals surface area contributed by atoms with Crippen LogP contribution in [0, 0.1) is 18.8 Å². The van der Waals surface area contributed by atoms with Crippen LogP contribution in [0.25, 0.3) is 11.0 Å². The van der Waals surface area contributed by atoms with Crippen LogP contribution in [-0.2, 0) is 16.3 Å². The third-order valence-corrected chi connectivity index (χ3v) is 8.99. The van der Waals surface area contributed by atoms with E-state index in [0.29, 0.717) is 23.2 Å². The van der Waals surface area contributed by atoms with Crippen molar-refractivity contribution in [2.24, 2.45) is 11.8 Å². The largest absolute Gasteiger partial charge is 0.423 e. The zero-order valence-corrected chi connectivity index (χ0v) is 18.3. The van der Waals surface area contributed by atoms with Crippen LogP contribution in [0.2, 0.25) is 0 Å². The molecule has 1 aliphatic carbocycles. The fraction of sp³-hybridized carbons (Fsp3) is 0.609. The second kappa shape index (κ2) is 8.02. The molecule has 0 spiro atoms. The van der Waals surface area contributed by atoms with Crippen molar-refractivity contribution in [1.29, 1.82) is 0 Å². The standard InChI is InChI=1S/C23H32O4S/c1-16-13-22(24)27-21-14-18(11-12-20(16)21)8-5-17-6-9-19(10-7-17)15-28(25,26)23(2,3)4/h11-14,17,19H,5-10,15H2,1-4H3. The second-order valence-electron chi connectivity index (χ2n) is 9.40. The Morgan fingerprint density at radius 3 is 2.32 bits per heavy atom. The number of fused-ring (bicyclic) bond motifs is 1. The molecule has 5 heteroatoms. The van der Waals surface area contributed by atoms with E-state index in [1.54, 1.807) is 20.8 Å². The third-order valence-electron chi connectivity index (χ3n) is 6.21. The molecule has 0 bridgehead atoms. The van der Waals surface area contributed by atoms with Gasteiger partial charge in [0.05, 0.1) is 10.5 Å². The van der Waals surface area contributed by atoms with E-state index in [4.69, 9.17) is 4.42 Å². The van der Waals surface area contributed by atoms with E-state index in [0.717, 1.165) is 49.5 Å². The Labute approximate surface area is 168 Å². The molecule has 0 N–H and O–H groups in total. The highest BCUT2D eigenvalue weighted by molar-refractivity contribution is 7.92. The molecule has 0 amide bonds. The van der Waals surface area contributed by atoms with Crippen LogP contribution in [0.5, 0.6) is 0 Å². The summed E-state index contributed by atoms with van der Waals surface area (Å²) >= 11 is 0. The molecule has 4 nitrogen and oxygen atoms in total. The van der Waals surface area contributed by atoms with Gasteiger partial charge in [-0.05, 0) is 82.4 Å². The van der Waals surface area contributed by atoms with Crippen LogP contribution >= 0.6 is 0 Å². The molecule has 28 heavy (non-hydrogen) atoms. The molecule has 0 radical (unpaired) electrons. The SMILES string of the molecule is Cc1cc(=O)oc2cc(CCC3CCC(CS(=O)(=O)C(C)(C)C)CC3)ccc12. The van der Waals surface area contributed by atoms with Gasteiger partial charge in [0.2, 0.25) is 0 Å². The molecule has 0 unspecified atom stereocenters. The molecule has 1 aromatic heterocycles. The number of hydrogen-bond acceptors (Lipinski definition) is 4. The fourth-order valence-corrected chi connectivity index (χ4v) is 5.60. The first kappa shape index (κ1) is 21.1. The summed E-state index contributed by atoms with van der Waals surface area (Å²) in [5, 5.41) is 0.990. The van der Waals surface area contributed by atoms with Gasteiger partial charge in [0.15, 0.2) is 9.84 Å². The van der Waals surface area contributed by atoms with E-state index in [9.17, 15) is 13.2 Å². The lowest BCUT2D eigenvalue weighted by Crippen LogP contribution is -2.34. The summed E-state index contributed by atoms with van der Waals surface area (Å²) in [7, 11) is -3.03. The molecule has 1 fully saturated rings. The average Bonchev–Trinajstić information content (AvgIpc) is 2.59. The van der Waals surface area contributed by atoms with Gasteiger partial charge in [-0.2, -0.15) is 0 Å². The average molecular weight is 405 g/mol. The maximum atomic E-state index is 12.4. The van der Waals surface area contributed by atoms with Crippen LogP contribution in [0.3, 0.4) is 0 Å². The molecular formula is C23H32O4S. The van der Waals surface area contributed by atoms with E-state index in [1.807, 2.05) is 19.1 Å². The minimum absolute atomic E-state index is 0.300. The monoisotopic (exact) mass is 404 g/mol. The Balaban J connectivity index is 1.55. The van der Waals surface area contributed by atoms with Crippen LogP contribution in [0.4, 0.5) is 0 Å². The van der Waals surface area contributed by atoms with Crippen LogP contribution < -0.4 is 5.63 Å². The Morgan fingerprint density at radius 1 is 1.04 bits per heavy atom. The first-order chi connectivity index (χ1) is 13.0. The molecule has 1 aliphatic rings. The number of aryl methyl sites for hydroxylation is 2. The van der Waals surface area contributed by atoms with Crippen molar-refractivity contribution in [3.63, 3.8) is 0 Å². The Morgan fingerprint density at radius 2 is 1.68 bits per heavy atom. The van der Waals surface area contributed by atoms with E-state index >= 15 is 0 Å². The van der Waals surface area contributed by atoms with Crippen molar-refractivity contribution in [2.45, 2.75) is 71.0 Å². The summed E-state index contributed by atoms with van der Waals surface area (Å²) in [4.78, 5) is 11.6. The molecule has 1 aromatic carbocycles. The summed E-state index contributed by atoms with van der Waals surface area (Å²) in [6.07, 6.45) is 6.28. The van der Waals surface area contributed by atoms with Crippen molar-refractivity contribution in [3.8, 4) is 0 Å². The smallest absolute Gasteiger partial charge is 0.336 e. The third kappa shape index (κ3) is 4.86. The van der Waals surface area contributed by atoms with Crippen molar-refractivity contribution in [1.82, 2.24) is 0 Å². The fourth-order valence-electron chi connectivity index (χ4n) is 4.14. The first-order valence-corrected chi connectivity index (χ1v) is 12.0. The summed E-state index contributed by atoms with van der Waals surface area (Å²) in [5.41, 5.74) is 2.50. The van der Waals surface area contributed by atoms with Gasteiger partial charge in [-0.1, -0.05) is 25.0 Å². The van der Waals surface area contributed by atoms with Gasteiger partial charge >= 0.3 is 5.63 Å². The highest BCUT2D eigenvalue weighted by Gasteiger charge is 2.33. The Bertz CT molecular complexity index is 987. The molecule has 0 saturated heterocycles. The maximum absolute atomic E-state index is 12.4. The quantitative estimate of drug-likeness (QED) is 0.654. The molecule has 154 valence electrons. The summed E-state index contributed by atoms with van der Waals surface area (Å²) in [6.45, 7) is 7.31. The molecule has 3 rings (SSSR count). The van der Waals surface area contributed by atoms with Crippen molar-refractivity contribution in [2.75, 3.05) is 5.75 Å². The van der Waals surface area contributed by atoms with Crippen LogP contribution in [0.15, 0.2) is 33.5 Å². The van der Waals surface area contributed by atoms with E-state index in [2.05, 4.69) is 6.07 Å². The van der Waals surface area contributed by atoms with Gasteiger partial charge in [-0.3, -0.25) is 0 Å². The normalized spacial score (nSPS) is 21.1.